The molecule has 0 radical (unpaired) electrons. The van der Waals surface area contributed by atoms with E-state index in [2.05, 4.69) is 15.0 Å². The minimum absolute atomic E-state index is 0.235. The van der Waals surface area contributed by atoms with Crippen molar-refractivity contribution in [3.63, 3.8) is 0 Å². The van der Waals surface area contributed by atoms with Gasteiger partial charge in [0.25, 0.3) is 0 Å². The van der Waals surface area contributed by atoms with Crippen molar-refractivity contribution in [2.45, 2.75) is 6.92 Å². The number of thiazole rings is 1. The van der Waals surface area contributed by atoms with Gasteiger partial charge in [-0.15, -0.1) is 11.3 Å². The molecule has 0 amide bonds. The Morgan fingerprint density at radius 2 is 1.85 bits per heavy atom. The molecule has 20 heavy (non-hydrogen) atoms. The lowest BCUT2D eigenvalue weighted by atomic mass is 10.2. The van der Waals surface area contributed by atoms with E-state index in [1.807, 2.05) is 6.92 Å². The highest BCUT2D eigenvalue weighted by molar-refractivity contribution is 7.18. The number of aryl methyl sites for hydroxylation is 1. The van der Waals surface area contributed by atoms with Crippen LogP contribution < -0.4 is 5.73 Å². The second-order valence-corrected chi connectivity index (χ2v) is 5.24. The number of hydrogen-bond acceptors (Lipinski definition) is 5. The van der Waals surface area contributed by atoms with E-state index in [-0.39, 0.29) is 11.8 Å². The Morgan fingerprint density at radius 1 is 1.10 bits per heavy atom. The molecule has 0 aliphatic carbocycles. The fourth-order valence-corrected chi connectivity index (χ4v) is 2.89. The standard InChI is InChI=1S/C14H11FN4S/c1-8-12(11-6-7-17-14(16)19-11)20-13(18-8)9-2-4-10(15)5-3-9/h2-7H,1H3,(H2,16,17,19). The first-order chi connectivity index (χ1) is 9.63. The van der Waals surface area contributed by atoms with Crippen molar-refractivity contribution < 1.29 is 4.39 Å². The van der Waals surface area contributed by atoms with Crippen molar-refractivity contribution in [3.05, 3.63) is 48.0 Å². The molecule has 4 nitrogen and oxygen atoms in total. The van der Waals surface area contributed by atoms with Crippen molar-refractivity contribution >= 4 is 17.3 Å². The van der Waals surface area contributed by atoms with Gasteiger partial charge >= 0.3 is 0 Å². The highest BCUT2D eigenvalue weighted by atomic mass is 32.1. The maximum atomic E-state index is 12.9. The molecule has 100 valence electrons. The third-order valence-corrected chi connectivity index (χ3v) is 4.02. The zero-order valence-electron chi connectivity index (χ0n) is 10.7. The Kier molecular flexibility index (Phi) is 3.15. The first-order valence-electron chi connectivity index (χ1n) is 5.96. The van der Waals surface area contributed by atoms with Gasteiger partial charge in [0.1, 0.15) is 10.8 Å². The van der Waals surface area contributed by atoms with E-state index >= 15 is 0 Å². The van der Waals surface area contributed by atoms with Gasteiger partial charge in [0, 0.05) is 11.8 Å². The van der Waals surface area contributed by atoms with E-state index < -0.39 is 0 Å². The topological polar surface area (TPSA) is 64.7 Å². The number of rotatable bonds is 2. The molecule has 2 heterocycles. The summed E-state index contributed by atoms with van der Waals surface area (Å²) in [6.45, 7) is 1.91. The fourth-order valence-electron chi connectivity index (χ4n) is 1.85. The van der Waals surface area contributed by atoms with Crippen LogP contribution in [-0.2, 0) is 0 Å². The minimum atomic E-state index is -0.258. The van der Waals surface area contributed by atoms with Gasteiger partial charge in [0.15, 0.2) is 0 Å². The second-order valence-electron chi connectivity index (χ2n) is 4.24. The molecule has 0 aliphatic heterocycles. The molecular formula is C14H11FN4S. The second kappa shape index (κ2) is 4.97. The molecule has 0 atom stereocenters. The van der Waals surface area contributed by atoms with Gasteiger partial charge in [-0.05, 0) is 37.3 Å². The third-order valence-electron chi connectivity index (χ3n) is 2.79. The molecule has 0 bridgehead atoms. The van der Waals surface area contributed by atoms with Crippen LogP contribution in [0.1, 0.15) is 5.69 Å². The van der Waals surface area contributed by atoms with Crippen molar-refractivity contribution in [1.82, 2.24) is 15.0 Å². The zero-order valence-corrected chi connectivity index (χ0v) is 11.5. The number of aromatic nitrogens is 3. The molecule has 0 aliphatic rings. The maximum Gasteiger partial charge on any atom is 0.220 e. The maximum absolute atomic E-state index is 12.9. The van der Waals surface area contributed by atoms with E-state index in [1.165, 1.54) is 23.5 Å². The first kappa shape index (κ1) is 12.7. The fraction of sp³-hybridized carbons (Fsp3) is 0.0714. The van der Waals surface area contributed by atoms with Gasteiger partial charge in [0.2, 0.25) is 5.95 Å². The highest BCUT2D eigenvalue weighted by Gasteiger charge is 2.12. The quantitative estimate of drug-likeness (QED) is 0.785. The molecule has 6 heteroatoms. The van der Waals surface area contributed by atoms with Crippen LogP contribution in [-0.4, -0.2) is 15.0 Å². The summed E-state index contributed by atoms with van der Waals surface area (Å²) < 4.78 is 12.9. The zero-order chi connectivity index (χ0) is 14.1. The lowest BCUT2D eigenvalue weighted by Crippen LogP contribution is -1.94. The van der Waals surface area contributed by atoms with Crippen molar-refractivity contribution in [2.75, 3.05) is 5.73 Å². The third kappa shape index (κ3) is 2.37. The summed E-state index contributed by atoms with van der Waals surface area (Å²) in [6.07, 6.45) is 1.62. The van der Waals surface area contributed by atoms with Crippen molar-refractivity contribution in [3.8, 4) is 21.1 Å². The van der Waals surface area contributed by atoms with Crippen LogP contribution in [0.4, 0.5) is 10.3 Å². The molecule has 0 saturated heterocycles. The van der Waals surface area contributed by atoms with Gasteiger partial charge in [-0.25, -0.2) is 19.3 Å². The van der Waals surface area contributed by atoms with Crippen LogP contribution >= 0.6 is 11.3 Å². The monoisotopic (exact) mass is 286 g/mol. The van der Waals surface area contributed by atoms with Crippen molar-refractivity contribution in [1.29, 1.82) is 0 Å². The number of nitrogens with two attached hydrogens (primary N) is 1. The van der Waals surface area contributed by atoms with E-state index in [0.29, 0.717) is 0 Å². The van der Waals surface area contributed by atoms with Gasteiger partial charge in [-0.3, -0.25) is 0 Å². The lowest BCUT2D eigenvalue weighted by Gasteiger charge is -1.97. The molecule has 3 rings (SSSR count). The number of halogens is 1. The average molecular weight is 286 g/mol. The van der Waals surface area contributed by atoms with E-state index in [0.717, 1.165) is 26.8 Å². The van der Waals surface area contributed by atoms with Gasteiger partial charge in [-0.1, -0.05) is 0 Å². The number of nitrogens with zero attached hydrogens (tertiary/aromatic N) is 3. The molecule has 0 spiro atoms. The largest absolute Gasteiger partial charge is 0.368 e. The number of anilines is 1. The van der Waals surface area contributed by atoms with Crippen LogP contribution in [0, 0.1) is 12.7 Å². The molecule has 0 fully saturated rings. The number of nitrogen functional groups attached to an aromatic ring is 1. The summed E-state index contributed by atoms with van der Waals surface area (Å²) >= 11 is 1.50. The molecule has 2 aromatic heterocycles. The van der Waals surface area contributed by atoms with E-state index in [1.54, 1.807) is 24.4 Å². The summed E-state index contributed by atoms with van der Waals surface area (Å²) in [5.41, 5.74) is 8.10. The Labute approximate surface area is 119 Å². The summed E-state index contributed by atoms with van der Waals surface area (Å²) in [4.78, 5) is 13.5. The molecule has 3 aromatic rings. The van der Waals surface area contributed by atoms with E-state index in [4.69, 9.17) is 5.73 Å². The Hall–Kier alpha value is -2.34. The van der Waals surface area contributed by atoms with Crippen LogP contribution in [0.15, 0.2) is 36.5 Å². The Bertz CT molecular complexity index is 752. The van der Waals surface area contributed by atoms with Crippen LogP contribution in [0.25, 0.3) is 21.1 Å². The van der Waals surface area contributed by atoms with Crippen LogP contribution in [0.2, 0.25) is 0 Å². The molecule has 0 saturated carbocycles. The van der Waals surface area contributed by atoms with Crippen LogP contribution in [0.3, 0.4) is 0 Å². The summed E-state index contributed by atoms with van der Waals surface area (Å²) in [5, 5.41) is 0.828. The van der Waals surface area contributed by atoms with Gasteiger partial charge in [-0.2, -0.15) is 0 Å². The minimum Gasteiger partial charge on any atom is -0.368 e. The Morgan fingerprint density at radius 3 is 2.55 bits per heavy atom. The SMILES string of the molecule is Cc1nc(-c2ccc(F)cc2)sc1-c1ccnc(N)n1. The molecule has 0 unspecified atom stereocenters. The number of benzene rings is 1. The smallest absolute Gasteiger partial charge is 0.220 e. The molecule has 1 aromatic carbocycles. The van der Waals surface area contributed by atoms with Crippen molar-refractivity contribution in [2.24, 2.45) is 0 Å². The summed E-state index contributed by atoms with van der Waals surface area (Å²) in [6, 6.07) is 8.07. The average Bonchev–Trinajstić information content (AvgIpc) is 2.82. The predicted molar refractivity (Wildman–Crippen MR) is 77.7 cm³/mol. The van der Waals surface area contributed by atoms with Crippen LogP contribution in [0.5, 0.6) is 0 Å². The van der Waals surface area contributed by atoms with E-state index in [9.17, 15) is 4.39 Å². The lowest BCUT2D eigenvalue weighted by molar-refractivity contribution is 0.628. The van der Waals surface area contributed by atoms with Gasteiger partial charge < -0.3 is 5.73 Å². The molecular weight excluding hydrogens is 275 g/mol. The summed E-state index contributed by atoms with van der Waals surface area (Å²) in [7, 11) is 0. The molecule has 2 N–H and O–H groups in total. The van der Waals surface area contributed by atoms with Gasteiger partial charge in [0.05, 0.1) is 16.3 Å². The first-order valence-corrected chi connectivity index (χ1v) is 6.77. The predicted octanol–water partition coefficient (Wildman–Crippen LogP) is 3.30. The highest BCUT2D eigenvalue weighted by Crippen LogP contribution is 2.34. The number of hydrogen-bond donors (Lipinski definition) is 1. The normalized spacial score (nSPS) is 10.7. The summed E-state index contributed by atoms with van der Waals surface area (Å²) in [5.74, 6) is -0.0237. The Balaban J connectivity index is 2.05.